The predicted octanol–water partition coefficient (Wildman–Crippen LogP) is 2.21. The number of nitrogens with one attached hydrogen (secondary N) is 2. The average Bonchev–Trinajstić information content (AvgIpc) is 2.55. The monoisotopic (exact) mass is 322 g/mol. The van der Waals surface area contributed by atoms with Gasteiger partial charge in [-0.25, -0.2) is 4.98 Å². The lowest BCUT2D eigenvalue weighted by atomic mass is 10.1. The summed E-state index contributed by atoms with van der Waals surface area (Å²) in [7, 11) is 3.43. The van der Waals surface area contributed by atoms with E-state index in [4.69, 9.17) is 9.47 Å². The van der Waals surface area contributed by atoms with E-state index in [1.54, 1.807) is 20.4 Å². The van der Waals surface area contributed by atoms with Crippen LogP contribution < -0.4 is 15.4 Å². The summed E-state index contributed by atoms with van der Waals surface area (Å²) in [6.45, 7) is 7.15. The molecule has 0 fully saturated rings. The summed E-state index contributed by atoms with van der Waals surface area (Å²) in [5.74, 6) is 2.17. The van der Waals surface area contributed by atoms with Gasteiger partial charge in [0.25, 0.3) is 0 Å². The van der Waals surface area contributed by atoms with Crippen molar-refractivity contribution in [3.05, 3.63) is 23.9 Å². The molecule has 0 saturated carbocycles. The highest BCUT2D eigenvalue weighted by Gasteiger charge is 2.01. The Morgan fingerprint density at radius 2 is 2.09 bits per heavy atom. The third-order valence-electron chi connectivity index (χ3n) is 3.27. The molecule has 130 valence electrons. The molecule has 0 aliphatic rings. The van der Waals surface area contributed by atoms with Crippen molar-refractivity contribution < 1.29 is 9.47 Å². The van der Waals surface area contributed by atoms with E-state index in [1.165, 1.54) is 6.42 Å². The standard InChI is InChI=1S/C17H30N4O2/c1-14(2)6-5-9-19-17(18-3)21-13-15-7-8-16(20-12-15)23-11-10-22-4/h7-8,12,14H,5-6,9-11,13H2,1-4H3,(H2,18,19,21). The minimum atomic E-state index is 0.508. The molecule has 0 bridgehead atoms. The molecule has 1 aromatic rings. The van der Waals surface area contributed by atoms with Crippen molar-refractivity contribution in [2.75, 3.05) is 33.9 Å². The molecule has 0 aromatic carbocycles. The topological polar surface area (TPSA) is 67.8 Å². The molecule has 2 N–H and O–H groups in total. The SMILES string of the molecule is CN=C(NCCCC(C)C)NCc1ccc(OCCOC)nc1. The Labute approximate surface area is 139 Å². The molecule has 1 aromatic heterocycles. The van der Waals surface area contributed by atoms with Crippen molar-refractivity contribution in [1.29, 1.82) is 0 Å². The van der Waals surface area contributed by atoms with Gasteiger partial charge >= 0.3 is 0 Å². The van der Waals surface area contributed by atoms with E-state index in [0.29, 0.717) is 25.6 Å². The first-order valence-corrected chi connectivity index (χ1v) is 8.17. The van der Waals surface area contributed by atoms with Crippen LogP contribution >= 0.6 is 0 Å². The zero-order valence-corrected chi connectivity index (χ0v) is 14.8. The molecule has 6 nitrogen and oxygen atoms in total. The van der Waals surface area contributed by atoms with Crippen LogP contribution in [0.5, 0.6) is 5.88 Å². The fraction of sp³-hybridized carbons (Fsp3) is 0.647. The Kier molecular flexibility index (Phi) is 9.79. The zero-order valence-electron chi connectivity index (χ0n) is 14.8. The second kappa shape index (κ2) is 11.7. The maximum absolute atomic E-state index is 5.44. The van der Waals surface area contributed by atoms with Crippen LogP contribution in [-0.4, -0.2) is 44.9 Å². The van der Waals surface area contributed by atoms with Crippen LogP contribution in [0.25, 0.3) is 0 Å². The van der Waals surface area contributed by atoms with Crippen molar-refractivity contribution >= 4 is 5.96 Å². The number of aromatic nitrogens is 1. The summed E-state index contributed by atoms with van der Waals surface area (Å²) in [6, 6.07) is 3.86. The van der Waals surface area contributed by atoms with Crippen molar-refractivity contribution in [2.24, 2.45) is 10.9 Å². The van der Waals surface area contributed by atoms with Gasteiger partial charge in [-0.1, -0.05) is 19.9 Å². The van der Waals surface area contributed by atoms with Gasteiger partial charge in [0.1, 0.15) is 6.61 Å². The fourth-order valence-electron chi connectivity index (χ4n) is 1.95. The van der Waals surface area contributed by atoms with Gasteiger partial charge in [-0.3, -0.25) is 4.99 Å². The minimum Gasteiger partial charge on any atom is -0.475 e. The zero-order chi connectivity index (χ0) is 16.9. The third kappa shape index (κ3) is 9.03. The molecule has 0 unspecified atom stereocenters. The largest absolute Gasteiger partial charge is 0.475 e. The molecule has 0 spiro atoms. The number of ether oxygens (including phenoxy) is 2. The molecule has 0 atom stereocenters. The second-order valence-electron chi connectivity index (χ2n) is 5.73. The molecule has 0 aliphatic heterocycles. The minimum absolute atomic E-state index is 0.508. The summed E-state index contributed by atoms with van der Waals surface area (Å²) in [6.07, 6.45) is 4.17. The van der Waals surface area contributed by atoms with Crippen LogP contribution in [0, 0.1) is 5.92 Å². The van der Waals surface area contributed by atoms with E-state index in [9.17, 15) is 0 Å². The summed E-state index contributed by atoms with van der Waals surface area (Å²) in [4.78, 5) is 8.49. The van der Waals surface area contributed by atoms with Gasteiger partial charge in [0.2, 0.25) is 5.88 Å². The van der Waals surface area contributed by atoms with Gasteiger partial charge in [0.05, 0.1) is 6.61 Å². The van der Waals surface area contributed by atoms with Crippen molar-refractivity contribution in [1.82, 2.24) is 15.6 Å². The van der Waals surface area contributed by atoms with Gasteiger partial charge in [-0.15, -0.1) is 0 Å². The molecule has 0 aliphatic carbocycles. The van der Waals surface area contributed by atoms with Gasteiger partial charge in [0, 0.05) is 39.5 Å². The number of rotatable bonds is 10. The Bertz CT molecular complexity index is 446. The first kappa shape index (κ1) is 19.2. The van der Waals surface area contributed by atoms with E-state index in [0.717, 1.165) is 30.4 Å². The number of hydrogen-bond donors (Lipinski definition) is 2. The second-order valence-corrected chi connectivity index (χ2v) is 5.73. The maximum Gasteiger partial charge on any atom is 0.213 e. The highest BCUT2D eigenvalue weighted by atomic mass is 16.5. The lowest BCUT2D eigenvalue weighted by molar-refractivity contribution is 0.143. The quantitative estimate of drug-likeness (QED) is 0.393. The van der Waals surface area contributed by atoms with E-state index in [2.05, 4.69) is 34.5 Å². The average molecular weight is 322 g/mol. The van der Waals surface area contributed by atoms with Gasteiger partial charge in [-0.2, -0.15) is 0 Å². The Morgan fingerprint density at radius 3 is 2.70 bits per heavy atom. The summed E-state index contributed by atoms with van der Waals surface area (Å²) in [5, 5.41) is 6.60. The molecular weight excluding hydrogens is 292 g/mol. The molecule has 0 radical (unpaired) electrons. The number of nitrogens with zero attached hydrogens (tertiary/aromatic N) is 2. The molecule has 0 amide bonds. The van der Waals surface area contributed by atoms with Crippen LogP contribution in [-0.2, 0) is 11.3 Å². The molecule has 1 heterocycles. The van der Waals surface area contributed by atoms with Crippen LogP contribution in [0.2, 0.25) is 0 Å². The van der Waals surface area contributed by atoms with Crippen LogP contribution in [0.1, 0.15) is 32.3 Å². The Hall–Kier alpha value is -1.82. The van der Waals surface area contributed by atoms with Crippen molar-refractivity contribution in [3.63, 3.8) is 0 Å². The number of methoxy groups -OCH3 is 1. The van der Waals surface area contributed by atoms with Crippen LogP contribution in [0.15, 0.2) is 23.3 Å². The predicted molar refractivity (Wildman–Crippen MR) is 93.9 cm³/mol. The lowest BCUT2D eigenvalue weighted by Gasteiger charge is -2.12. The third-order valence-corrected chi connectivity index (χ3v) is 3.27. The van der Waals surface area contributed by atoms with Crippen molar-refractivity contribution in [2.45, 2.75) is 33.2 Å². The van der Waals surface area contributed by atoms with Gasteiger partial charge < -0.3 is 20.1 Å². The molecule has 23 heavy (non-hydrogen) atoms. The van der Waals surface area contributed by atoms with Crippen molar-refractivity contribution in [3.8, 4) is 5.88 Å². The number of guanidine groups is 1. The van der Waals surface area contributed by atoms with Crippen LogP contribution in [0.3, 0.4) is 0 Å². The normalized spacial score (nSPS) is 11.6. The van der Waals surface area contributed by atoms with E-state index >= 15 is 0 Å². The molecular formula is C17H30N4O2. The summed E-state index contributed by atoms with van der Waals surface area (Å²) >= 11 is 0. The first-order chi connectivity index (χ1) is 11.2. The van der Waals surface area contributed by atoms with E-state index in [-0.39, 0.29) is 0 Å². The van der Waals surface area contributed by atoms with E-state index < -0.39 is 0 Å². The number of hydrogen-bond acceptors (Lipinski definition) is 4. The maximum atomic E-state index is 5.44. The molecule has 6 heteroatoms. The van der Waals surface area contributed by atoms with E-state index in [1.807, 2.05) is 12.1 Å². The number of aliphatic imine (C=N–C) groups is 1. The smallest absolute Gasteiger partial charge is 0.213 e. The molecule has 1 rings (SSSR count). The summed E-state index contributed by atoms with van der Waals surface area (Å²) in [5.41, 5.74) is 1.08. The highest BCUT2D eigenvalue weighted by Crippen LogP contribution is 2.07. The van der Waals surface area contributed by atoms with Gasteiger partial charge in [-0.05, 0) is 24.3 Å². The fourth-order valence-corrected chi connectivity index (χ4v) is 1.95. The van der Waals surface area contributed by atoms with Gasteiger partial charge in [0.15, 0.2) is 5.96 Å². The number of pyridine rings is 1. The van der Waals surface area contributed by atoms with Crippen LogP contribution in [0.4, 0.5) is 0 Å². The highest BCUT2D eigenvalue weighted by molar-refractivity contribution is 5.79. The Balaban J connectivity index is 2.29. The lowest BCUT2D eigenvalue weighted by Crippen LogP contribution is -2.37. The first-order valence-electron chi connectivity index (χ1n) is 8.17. The summed E-state index contributed by atoms with van der Waals surface area (Å²) < 4.78 is 10.4. The Morgan fingerprint density at radius 1 is 1.26 bits per heavy atom. The molecule has 0 saturated heterocycles.